The van der Waals surface area contributed by atoms with Crippen LogP contribution in [0.1, 0.15) is 24.5 Å². The maximum atomic E-state index is 9.95. The molecule has 0 radical (unpaired) electrons. The van der Waals surface area contributed by atoms with Crippen molar-refractivity contribution in [2.45, 2.75) is 38.4 Å². The fourth-order valence-corrected chi connectivity index (χ4v) is 2.75. The molecule has 0 amide bonds. The Morgan fingerprint density at radius 2 is 1.85 bits per heavy atom. The highest BCUT2D eigenvalue weighted by Gasteiger charge is 2.16. The van der Waals surface area contributed by atoms with Crippen LogP contribution in [0.4, 0.5) is 0 Å². The zero-order valence-electron chi connectivity index (χ0n) is 12.2. The third kappa shape index (κ3) is 5.20. The molecule has 2 nitrogen and oxygen atoms in total. The maximum Gasteiger partial charge on any atom is 0.0817 e. The summed E-state index contributed by atoms with van der Waals surface area (Å²) < 4.78 is 5.33. The molecule has 110 valence electrons. The van der Waals surface area contributed by atoms with Crippen LogP contribution in [-0.2, 0) is 17.4 Å². The summed E-state index contributed by atoms with van der Waals surface area (Å²) >= 11 is 0. The molecule has 0 fully saturated rings. The number of hydrogen-bond donors (Lipinski definition) is 1. The van der Waals surface area contributed by atoms with Gasteiger partial charge in [-0.15, -0.1) is 13.2 Å². The van der Waals surface area contributed by atoms with Crippen molar-refractivity contribution in [2.24, 2.45) is 5.92 Å². The number of aliphatic hydroxyl groups is 1. The largest absolute Gasteiger partial charge is 0.392 e. The van der Waals surface area contributed by atoms with Gasteiger partial charge in [-0.25, -0.2) is 0 Å². The molecule has 0 heterocycles. The molecule has 0 aliphatic carbocycles. The summed E-state index contributed by atoms with van der Waals surface area (Å²) in [7, 11) is 2.30. The van der Waals surface area contributed by atoms with E-state index in [9.17, 15) is 5.11 Å². The molecule has 20 heavy (non-hydrogen) atoms. The van der Waals surface area contributed by atoms with Gasteiger partial charge < -0.3 is 9.63 Å². The highest BCUT2D eigenvalue weighted by Crippen LogP contribution is 2.21. The number of aliphatic hydroxyl groups excluding tert-OH is 1. The monoisotopic (exact) mass is 292 g/mol. The number of benzene rings is 1. The first-order chi connectivity index (χ1) is 9.62. The van der Waals surface area contributed by atoms with Crippen LogP contribution in [-0.4, -0.2) is 17.3 Å². The molecular weight excluding hydrogens is 267 g/mol. The fourth-order valence-electron chi connectivity index (χ4n) is 2.37. The summed E-state index contributed by atoms with van der Waals surface area (Å²) in [6, 6.07) is 8.26. The zero-order chi connectivity index (χ0) is 15.0. The standard InChI is InChI=1S/C17H25O2P/c1-4-8-16(18)12-15-10-7-6-9-14(15)11-13(3)17(5-2)19-20/h4-7,9-10,13,16-18H,1-2,8,11-12,20H2,3H3. The van der Waals surface area contributed by atoms with Crippen molar-refractivity contribution in [2.75, 3.05) is 0 Å². The van der Waals surface area contributed by atoms with Crippen molar-refractivity contribution < 1.29 is 9.63 Å². The lowest BCUT2D eigenvalue weighted by atomic mass is 9.91. The van der Waals surface area contributed by atoms with Gasteiger partial charge >= 0.3 is 0 Å². The molecule has 1 aromatic carbocycles. The highest BCUT2D eigenvalue weighted by molar-refractivity contribution is 7.09. The minimum absolute atomic E-state index is 0.0196. The van der Waals surface area contributed by atoms with Crippen LogP contribution in [0.5, 0.6) is 0 Å². The lowest BCUT2D eigenvalue weighted by molar-refractivity contribution is 0.177. The van der Waals surface area contributed by atoms with Gasteiger partial charge in [0, 0.05) is 9.47 Å². The van der Waals surface area contributed by atoms with Crippen LogP contribution in [0.25, 0.3) is 0 Å². The SMILES string of the molecule is C=CCC(O)Cc1ccccc1CC(C)C(C=C)OP. The lowest BCUT2D eigenvalue weighted by Crippen LogP contribution is -2.19. The molecule has 0 aliphatic heterocycles. The van der Waals surface area contributed by atoms with Crippen molar-refractivity contribution in [3.05, 3.63) is 60.7 Å². The van der Waals surface area contributed by atoms with Crippen LogP contribution in [0, 0.1) is 5.92 Å². The van der Waals surface area contributed by atoms with E-state index < -0.39 is 0 Å². The van der Waals surface area contributed by atoms with Gasteiger partial charge in [0.15, 0.2) is 0 Å². The molecule has 1 rings (SSSR count). The Hall–Kier alpha value is -0.950. The van der Waals surface area contributed by atoms with Gasteiger partial charge in [-0.2, -0.15) is 0 Å². The molecule has 0 aliphatic rings. The van der Waals surface area contributed by atoms with Crippen molar-refractivity contribution in [3.63, 3.8) is 0 Å². The van der Waals surface area contributed by atoms with E-state index in [1.165, 1.54) is 11.1 Å². The second-order valence-electron chi connectivity index (χ2n) is 5.17. The Bertz CT molecular complexity index is 431. The Morgan fingerprint density at radius 3 is 2.35 bits per heavy atom. The predicted octanol–water partition coefficient (Wildman–Crippen LogP) is 3.71. The van der Waals surface area contributed by atoms with Gasteiger partial charge in [-0.1, -0.05) is 43.3 Å². The Kier molecular flexibility index (Phi) is 7.76. The third-order valence-electron chi connectivity index (χ3n) is 3.50. The predicted molar refractivity (Wildman–Crippen MR) is 88.6 cm³/mol. The summed E-state index contributed by atoms with van der Waals surface area (Å²) in [5, 5.41) is 9.95. The van der Waals surface area contributed by atoms with Gasteiger partial charge in [0.25, 0.3) is 0 Å². The fraction of sp³-hybridized carbons (Fsp3) is 0.412. The first-order valence-electron chi connectivity index (χ1n) is 6.96. The van der Waals surface area contributed by atoms with Crippen LogP contribution < -0.4 is 0 Å². The average Bonchev–Trinajstić information content (AvgIpc) is 2.42. The van der Waals surface area contributed by atoms with Crippen LogP contribution >= 0.6 is 9.47 Å². The molecule has 4 atom stereocenters. The molecule has 4 unspecified atom stereocenters. The summed E-state index contributed by atoms with van der Waals surface area (Å²) in [6.45, 7) is 9.62. The molecule has 0 bridgehead atoms. The number of hydrogen-bond acceptors (Lipinski definition) is 2. The normalized spacial score (nSPS) is 15.3. The Morgan fingerprint density at radius 1 is 1.25 bits per heavy atom. The maximum absolute atomic E-state index is 9.95. The molecule has 0 spiro atoms. The third-order valence-corrected chi connectivity index (χ3v) is 3.82. The van der Waals surface area contributed by atoms with E-state index in [1.54, 1.807) is 6.08 Å². The highest BCUT2D eigenvalue weighted by atomic mass is 31.0. The van der Waals surface area contributed by atoms with E-state index in [1.807, 2.05) is 18.2 Å². The summed E-state index contributed by atoms with van der Waals surface area (Å²) in [4.78, 5) is 0. The van der Waals surface area contributed by atoms with Crippen molar-refractivity contribution in [1.29, 1.82) is 0 Å². The minimum Gasteiger partial charge on any atom is -0.392 e. The van der Waals surface area contributed by atoms with Crippen LogP contribution in [0.15, 0.2) is 49.6 Å². The molecule has 1 N–H and O–H groups in total. The number of rotatable bonds is 9. The van der Waals surface area contributed by atoms with Gasteiger partial charge in [0.1, 0.15) is 0 Å². The first-order valence-corrected chi connectivity index (χ1v) is 7.43. The second-order valence-corrected chi connectivity index (χ2v) is 5.44. The Balaban J connectivity index is 2.79. The van der Waals surface area contributed by atoms with E-state index >= 15 is 0 Å². The van der Waals surface area contributed by atoms with Gasteiger partial charge in [-0.05, 0) is 36.3 Å². The smallest absolute Gasteiger partial charge is 0.0817 e. The molecule has 0 saturated heterocycles. The second kappa shape index (κ2) is 9.07. The van der Waals surface area contributed by atoms with E-state index in [-0.39, 0.29) is 12.2 Å². The summed E-state index contributed by atoms with van der Waals surface area (Å²) in [6.07, 6.45) is 5.42. The van der Waals surface area contributed by atoms with E-state index in [0.717, 1.165) is 6.42 Å². The summed E-state index contributed by atoms with van der Waals surface area (Å²) in [5.41, 5.74) is 2.46. The average molecular weight is 292 g/mol. The molecule has 3 heteroatoms. The van der Waals surface area contributed by atoms with Gasteiger partial charge in [-0.3, -0.25) is 0 Å². The molecular formula is C17H25O2P. The van der Waals surface area contributed by atoms with Crippen molar-refractivity contribution >= 4 is 9.47 Å². The van der Waals surface area contributed by atoms with Crippen LogP contribution in [0.3, 0.4) is 0 Å². The lowest BCUT2D eigenvalue weighted by Gasteiger charge is -2.21. The van der Waals surface area contributed by atoms with Gasteiger partial charge in [0.05, 0.1) is 12.2 Å². The minimum atomic E-state index is -0.364. The zero-order valence-corrected chi connectivity index (χ0v) is 13.3. The summed E-state index contributed by atoms with van der Waals surface area (Å²) in [5.74, 6) is 0.336. The van der Waals surface area contributed by atoms with Crippen LogP contribution in [0.2, 0.25) is 0 Å². The quantitative estimate of drug-likeness (QED) is 0.555. The molecule has 1 aromatic rings. The Labute approximate surface area is 124 Å². The molecule has 0 aromatic heterocycles. The van der Waals surface area contributed by atoms with Crippen molar-refractivity contribution in [3.8, 4) is 0 Å². The topological polar surface area (TPSA) is 29.5 Å². The van der Waals surface area contributed by atoms with E-state index in [2.05, 4.69) is 41.7 Å². The van der Waals surface area contributed by atoms with E-state index in [0.29, 0.717) is 18.8 Å². The van der Waals surface area contributed by atoms with Crippen molar-refractivity contribution in [1.82, 2.24) is 0 Å². The molecule has 0 saturated carbocycles. The van der Waals surface area contributed by atoms with E-state index in [4.69, 9.17) is 4.52 Å². The first kappa shape index (κ1) is 17.1. The van der Waals surface area contributed by atoms with Gasteiger partial charge in [0.2, 0.25) is 0 Å².